The van der Waals surface area contributed by atoms with E-state index in [0.29, 0.717) is 44.9 Å². The van der Waals surface area contributed by atoms with Crippen molar-refractivity contribution in [3.05, 3.63) is 35.4 Å². The fourth-order valence-corrected chi connectivity index (χ4v) is 3.58. The maximum atomic E-state index is 13.0. The molecular formula is C22H36N2O3. The van der Waals surface area contributed by atoms with Crippen LogP contribution in [0.1, 0.15) is 64.0 Å². The SMILES string of the molecule is CC(C)c1ccc(CN2CCCC(O)(CN(C)CCC(C)(C)O)C2=O)cc1. The third kappa shape index (κ3) is 6.30. The van der Waals surface area contributed by atoms with Gasteiger partial charge in [-0.2, -0.15) is 0 Å². The highest BCUT2D eigenvalue weighted by molar-refractivity contribution is 5.86. The number of hydrogen-bond acceptors (Lipinski definition) is 4. The number of amides is 1. The Hall–Kier alpha value is -1.43. The van der Waals surface area contributed by atoms with E-state index in [1.807, 2.05) is 11.9 Å². The van der Waals surface area contributed by atoms with Crippen molar-refractivity contribution in [2.75, 3.05) is 26.7 Å². The summed E-state index contributed by atoms with van der Waals surface area (Å²) >= 11 is 0. The first-order valence-electron chi connectivity index (χ1n) is 10.0. The van der Waals surface area contributed by atoms with Crippen molar-refractivity contribution < 1.29 is 15.0 Å². The number of carbonyl (C=O) groups excluding carboxylic acids is 1. The smallest absolute Gasteiger partial charge is 0.256 e. The van der Waals surface area contributed by atoms with Gasteiger partial charge in [0.15, 0.2) is 5.60 Å². The molecule has 1 amide bonds. The molecule has 2 N–H and O–H groups in total. The van der Waals surface area contributed by atoms with Crippen LogP contribution >= 0.6 is 0 Å². The van der Waals surface area contributed by atoms with E-state index in [1.165, 1.54) is 5.56 Å². The van der Waals surface area contributed by atoms with Crippen molar-refractivity contribution in [2.45, 2.75) is 70.6 Å². The van der Waals surface area contributed by atoms with E-state index in [-0.39, 0.29) is 5.91 Å². The lowest BCUT2D eigenvalue weighted by Crippen LogP contribution is -2.58. The maximum Gasteiger partial charge on any atom is 0.256 e. The number of nitrogens with zero attached hydrogens (tertiary/aromatic N) is 2. The molecule has 0 bridgehead atoms. The van der Waals surface area contributed by atoms with Gasteiger partial charge in [0.1, 0.15) is 0 Å². The zero-order valence-corrected chi connectivity index (χ0v) is 17.5. The molecule has 0 radical (unpaired) electrons. The van der Waals surface area contributed by atoms with Crippen molar-refractivity contribution >= 4 is 5.91 Å². The number of carbonyl (C=O) groups is 1. The van der Waals surface area contributed by atoms with Gasteiger partial charge < -0.3 is 20.0 Å². The van der Waals surface area contributed by atoms with Gasteiger partial charge in [0.25, 0.3) is 5.91 Å². The minimum atomic E-state index is -1.34. The first kappa shape index (κ1) is 21.9. The molecule has 1 unspecified atom stereocenters. The standard InChI is InChI=1S/C22H36N2O3/c1-17(2)19-9-7-18(8-10-19)15-24-13-6-11-22(27,20(24)25)16-23(5)14-12-21(3,4)26/h7-10,17,26-27H,6,11-16H2,1-5H3. The van der Waals surface area contributed by atoms with Gasteiger partial charge >= 0.3 is 0 Å². The molecule has 1 saturated heterocycles. The lowest BCUT2D eigenvalue weighted by molar-refractivity contribution is -0.160. The molecule has 0 saturated carbocycles. The molecular weight excluding hydrogens is 340 g/mol. The van der Waals surface area contributed by atoms with Gasteiger partial charge in [0.2, 0.25) is 0 Å². The van der Waals surface area contributed by atoms with Gasteiger partial charge in [-0.25, -0.2) is 0 Å². The molecule has 5 nitrogen and oxygen atoms in total. The summed E-state index contributed by atoms with van der Waals surface area (Å²) in [7, 11) is 1.89. The van der Waals surface area contributed by atoms with Crippen molar-refractivity contribution in [1.29, 1.82) is 0 Å². The highest BCUT2D eigenvalue weighted by Crippen LogP contribution is 2.26. The fraction of sp³-hybridized carbons (Fsp3) is 0.682. The molecule has 1 aromatic carbocycles. The van der Waals surface area contributed by atoms with Gasteiger partial charge in [0.05, 0.1) is 5.60 Å². The Morgan fingerprint density at radius 1 is 1.26 bits per heavy atom. The predicted octanol–water partition coefficient (Wildman–Crippen LogP) is 2.76. The van der Waals surface area contributed by atoms with Crippen LogP contribution in [0.15, 0.2) is 24.3 Å². The summed E-state index contributed by atoms with van der Waals surface area (Å²) in [6.45, 7) is 10.0. The molecule has 1 aromatic rings. The van der Waals surface area contributed by atoms with Crippen LogP contribution in [0.4, 0.5) is 0 Å². The molecule has 5 heteroatoms. The lowest BCUT2D eigenvalue weighted by Gasteiger charge is -2.40. The minimum Gasteiger partial charge on any atom is -0.390 e. The molecule has 1 aliphatic heterocycles. The molecule has 1 atom stereocenters. The van der Waals surface area contributed by atoms with Crippen molar-refractivity contribution in [1.82, 2.24) is 9.80 Å². The van der Waals surface area contributed by atoms with E-state index >= 15 is 0 Å². The molecule has 0 aliphatic carbocycles. The van der Waals surface area contributed by atoms with Crippen LogP contribution in [0.2, 0.25) is 0 Å². The summed E-state index contributed by atoms with van der Waals surface area (Å²) in [4.78, 5) is 16.7. The van der Waals surface area contributed by atoms with E-state index in [4.69, 9.17) is 0 Å². The largest absolute Gasteiger partial charge is 0.390 e. The van der Waals surface area contributed by atoms with Gasteiger partial charge in [0, 0.05) is 26.2 Å². The minimum absolute atomic E-state index is 0.184. The van der Waals surface area contributed by atoms with Crippen LogP contribution in [0, 0.1) is 0 Å². The summed E-state index contributed by atoms with van der Waals surface area (Å²) in [6.07, 6.45) is 1.88. The Bertz CT molecular complexity index is 621. The lowest BCUT2D eigenvalue weighted by atomic mass is 9.90. The van der Waals surface area contributed by atoms with E-state index < -0.39 is 11.2 Å². The first-order chi connectivity index (χ1) is 12.5. The second-order valence-corrected chi connectivity index (χ2v) is 9.06. The van der Waals surface area contributed by atoms with Gasteiger partial charge in [-0.15, -0.1) is 0 Å². The monoisotopic (exact) mass is 376 g/mol. The second kappa shape index (κ2) is 8.72. The van der Waals surface area contributed by atoms with Crippen molar-refractivity contribution in [3.63, 3.8) is 0 Å². The van der Waals surface area contributed by atoms with Crippen molar-refractivity contribution in [2.24, 2.45) is 0 Å². The highest BCUT2D eigenvalue weighted by Gasteiger charge is 2.42. The number of likely N-dealkylation sites (tertiary alicyclic amines) is 1. The van der Waals surface area contributed by atoms with Crippen molar-refractivity contribution in [3.8, 4) is 0 Å². The van der Waals surface area contributed by atoms with E-state index in [9.17, 15) is 15.0 Å². The topological polar surface area (TPSA) is 64.0 Å². The summed E-state index contributed by atoms with van der Waals surface area (Å²) in [5, 5.41) is 20.9. The molecule has 1 fully saturated rings. The van der Waals surface area contributed by atoms with Gasteiger partial charge in [-0.05, 0) is 57.2 Å². The third-order valence-corrected chi connectivity index (χ3v) is 5.36. The third-order valence-electron chi connectivity index (χ3n) is 5.36. The van der Waals surface area contributed by atoms with Crippen LogP contribution in [0.5, 0.6) is 0 Å². The number of likely N-dealkylation sites (N-methyl/N-ethyl adjacent to an activating group) is 1. The zero-order chi connectivity index (χ0) is 20.2. The number of rotatable bonds is 8. The molecule has 1 aliphatic rings. The van der Waals surface area contributed by atoms with Gasteiger partial charge in [-0.3, -0.25) is 4.79 Å². The predicted molar refractivity (Wildman–Crippen MR) is 109 cm³/mol. The van der Waals surface area contributed by atoms with Gasteiger partial charge in [-0.1, -0.05) is 38.1 Å². The van der Waals surface area contributed by atoms with Crippen LogP contribution in [0.3, 0.4) is 0 Å². The summed E-state index contributed by atoms with van der Waals surface area (Å²) < 4.78 is 0. The van der Waals surface area contributed by atoms with Crippen LogP contribution in [-0.4, -0.2) is 63.8 Å². The highest BCUT2D eigenvalue weighted by atomic mass is 16.3. The fourth-order valence-electron chi connectivity index (χ4n) is 3.58. The van der Waals surface area contributed by atoms with Crippen LogP contribution in [-0.2, 0) is 11.3 Å². The Morgan fingerprint density at radius 3 is 2.44 bits per heavy atom. The maximum absolute atomic E-state index is 13.0. The van der Waals surface area contributed by atoms with Crippen LogP contribution in [0.25, 0.3) is 0 Å². The molecule has 0 spiro atoms. The molecule has 27 heavy (non-hydrogen) atoms. The number of hydrogen-bond donors (Lipinski definition) is 2. The summed E-state index contributed by atoms with van der Waals surface area (Å²) in [6, 6.07) is 8.38. The quantitative estimate of drug-likeness (QED) is 0.732. The first-order valence-corrected chi connectivity index (χ1v) is 10.0. The van der Waals surface area contributed by atoms with E-state index in [1.54, 1.807) is 18.7 Å². The number of aliphatic hydroxyl groups is 2. The average molecular weight is 377 g/mol. The Balaban J connectivity index is 1.99. The average Bonchev–Trinajstić information content (AvgIpc) is 2.57. The summed E-state index contributed by atoms with van der Waals surface area (Å²) in [5.41, 5.74) is 0.285. The normalized spacial score (nSPS) is 21.4. The van der Waals surface area contributed by atoms with Crippen LogP contribution < -0.4 is 0 Å². The Labute approximate surface area is 164 Å². The molecule has 1 heterocycles. The second-order valence-electron chi connectivity index (χ2n) is 9.06. The molecule has 2 rings (SSSR count). The summed E-state index contributed by atoms with van der Waals surface area (Å²) in [5.74, 6) is 0.303. The molecule has 152 valence electrons. The Kier molecular flexibility index (Phi) is 7.06. The zero-order valence-electron chi connectivity index (χ0n) is 17.5. The van der Waals surface area contributed by atoms with E-state index in [2.05, 4.69) is 38.1 Å². The number of benzene rings is 1. The molecule has 0 aromatic heterocycles. The van der Waals surface area contributed by atoms with E-state index in [0.717, 1.165) is 12.0 Å². The Morgan fingerprint density at radius 2 is 1.89 bits per heavy atom. The number of piperidine rings is 1.